The predicted octanol–water partition coefficient (Wildman–Crippen LogP) is 2.85. The molecule has 0 aliphatic rings. The Morgan fingerprint density at radius 2 is 1.86 bits per heavy atom. The first kappa shape index (κ1) is 17.2. The molecule has 6 nitrogen and oxygen atoms in total. The maximum absolute atomic E-state index is 12.9. The van der Waals surface area contributed by atoms with Crippen molar-refractivity contribution in [2.75, 3.05) is 26.2 Å². The molecule has 21 heavy (non-hydrogen) atoms. The number of amides is 1. The van der Waals surface area contributed by atoms with Gasteiger partial charge >= 0.3 is 18.2 Å². The molecule has 0 spiro atoms. The number of anilines is 1. The Balaban J connectivity index is 3.56. The monoisotopic (exact) mass is 370 g/mol. The first-order valence-corrected chi connectivity index (χ1v) is 6.10. The number of hydrogen-bond acceptors (Lipinski definition) is 5. The third kappa shape index (κ3) is 3.63. The number of nitrogens with zero attached hydrogens (tertiary/aromatic N) is 2. The molecule has 0 aromatic carbocycles. The van der Waals surface area contributed by atoms with Crippen LogP contribution in [0.1, 0.15) is 16.1 Å². The van der Waals surface area contributed by atoms with Crippen molar-refractivity contribution in [3.63, 3.8) is 0 Å². The Morgan fingerprint density at radius 1 is 1.29 bits per heavy atom. The quantitative estimate of drug-likeness (QED) is 0.591. The fraction of sp³-hybridized carbons (Fsp3) is 0.364. The number of pyridine rings is 1. The number of carbonyl (C=O) groups excluding carboxylic acids is 2. The van der Waals surface area contributed by atoms with E-state index in [1.54, 1.807) is 0 Å². The topological polar surface area (TPSA) is 68.7 Å². The Bertz CT molecular complexity index is 577. The van der Waals surface area contributed by atoms with E-state index in [0.29, 0.717) is 6.07 Å². The normalized spacial score (nSPS) is 11.0. The van der Waals surface area contributed by atoms with Crippen molar-refractivity contribution in [1.29, 1.82) is 0 Å². The zero-order valence-electron chi connectivity index (χ0n) is 11.1. The van der Waals surface area contributed by atoms with Crippen LogP contribution in [0.5, 0.6) is 0 Å². The lowest BCUT2D eigenvalue weighted by atomic mass is 10.2. The maximum Gasteiger partial charge on any atom is 0.419 e. The number of alkyl halides is 3. The third-order valence-electron chi connectivity index (χ3n) is 2.45. The molecular weight excluding hydrogens is 361 g/mol. The van der Waals surface area contributed by atoms with Crippen LogP contribution >= 0.6 is 15.9 Å². The highest BCUT2D eigenvalue weighted by molar-refractivity contribution is 9.10. The standard InChI is InChI=1S/C11H10BrF3N2O4/c1-17(10(19)21-3)6-4-5(11(13,14)15)8(12)16-7(6)9(18)20-2/h4H,1-3H3. The molecule has 116 valence electrons. The van der Waals surface area contributed by atoms with E-state index in [2.05, 4.69) is 30.4 Å². The number of aromatic nitrogens is 1. The van der Waals surface area contributed by atoms with Crippen molar-refractivity contribution in [2.24, 2.45) is 0 Å². The van der Waals surface area contributed by atoms with Gasteiger partial charge in [-0.2, -0.15) is 13.2 Å². The zero-order chi connectivity index (χ0) is 16.4. The van der Waals surface area contributed by atoms with E-state index in [-0.39, 0.29) is 5.69 Å². The van der Waals surface area contributed by atoms with Crippen LogP contribution in [0.15, 0.2) is 10.7 Å². The van der Waals surface area contributed by atoms with Gasteiger partial charge in [0, 0.05) is 7.05 Å². The number of ether oxygens (including phenoxy) is 2. The molecule has 1 aromatic rings. The van der Waals surface area contributed by atoms with Crippen LogP contribution in [-0.4, -0.2) is 38.3 Å². The molecule has 0 fully saturated rings. The van der Waals surface area contributed by atoms with Crippen molar-refractivity contribution in [3.05, 3.63) is 21.9 Å². The van der Waals surface area contributed by atoms with E-state index >= 15 is 0 Å². The van der Waals surface area contributed by atoms with Gasteiger partial charge in [-0.25, -0.2) is 14.6 Å². The molecule has 0 unspecified atom stereocenters. The van der Waals surface area contributed by atoms with Crippen molar-refractivity contribution >= 4 is 33.7 Å². The van der Waals surface area contributed by atoms with Crippen molar-refractivity contribution in [2.45, 2.75) is 6.18 Å². The van der Waals surface area contributed by atoms with Crippen LogP contribution in [-0.2, 0) is 15.7 Å². The smallest absolute Gasteiger partial charge is 0.419 e. The van der Waals surface area contributed by atoms with E-state index in [1.807, 2.05) is 0 Å². The SMILES string of the molecule is COC(=O)c1nc(Br)c(C(F)(F)F)cc1N(C)C(=O)OC. The molecule has 0 aliphatic heterocycles. The van der Waals surface area contributed by atoms with E-state index in [1.165, 1.54) is 0 Å². The largest absolute Gasteiger partial charge is 0.464 e. The van der Waals surface area contributed by atoms with Crippen LogP contribution in [0.4, 0.5) is 23.7 Å². The summed E-state index contributed by atoms with van der Waals surface area (Å²) in [6, 6.07) is 0.611. The van der Waals surface area contributed by atoms with Crippen LogP contribution in [0.2, 0.25) is 0 Å². The summed E-state index contributed by atoms with van der Waals surface area (Å²) in [5.41, 5.74) is -1.98. The van der Waals surface area contributed by atoms with Crippen molar-refractivity contribution in [1.82, 2.24) is 4.98 Å². The van der Waals surface area contributed by atoms with Crippen LogP contribution < -0.4 is 4.90 Å². The molecule has 0 saturated heterocycles. The third-order valence-corrected chi connectivity index (χ3v) is 3.05. The van der Waals surface area contributed by atoms with Gasteiger partial charge in [-0.1, -0.05) is 0 Å². The van der Waals surface area contributed by atoms with E-state index in [0.717, 1.165) is 26.2 Å². The lowest BCUT2D eigenvalue weighted by molar-refractivity contribution is -0.138. The number of methoxy groups -OCH3 is 2. The highest BCUT2D eigenvalue weighted by Crippen LogP contribution is 2.37. The first-order valence-electron chi connectivity index (χ1n) is 5.31. The van der Waals surface area contributed by atoms with Gasteiger partial charge in [0.25, 0.3) is 0 Å². The molecule has 0 saturated carbocycles. The minimum Gasteiger partial charge on any atom is -0.464 e. The lowest BCUT2D eigenvalue weighted by Gasteiger charge is -2.20. The van der Waals surface area contributed by atoms with Gasteiger partial charge in [0.05, 0.1) is 25.5 Å². The molecule has 1 aromatic heterocycles. The van der Waals surface area contributed by atoms with Gasteiger partial charge in [0.1, 0.15) is 4.60 Å². The fourth-order valence-corrected chi connectivity index (χ4v) is 1.93. The Labute approximate surface area is 126 Å². The Morgan fingerprint density at radius 3 is 2.29 bits per heavy atom. The number of hydrogen-bond donors (Lipinski definition) is 0. The molecule has 0 radical (unpaired) electrons. The zero-order valence-corrected chi connectivity index (χ0v) is 12.7. The van der Waals surface area contributed by atoms with E-state index in [4.69, 9.17) is 0 Å². The molecule has 0 atom stereocenters. The summed E-state index contributed by atoms with van der Waals surface area (Å²) < 4.78 is 46.9. The summed E-state index contributed by atoms with van der Waals surface area (Å²) in [5.74, 6) is -0.991. The number of carbonyl (C=O) groups is 2. The number of halogens is 4. The average Bonchev–Trinajstić information content (AvgIpc) is 2.43. The van der Waals surface area contributed by atoms with Gasteiger partial charge < -0.3 is 9.47 Å². The Hall–Kier alpha value is -1.84. The summed E-state index contributed by atoms with van der Waals surface area (Å²) in [7, 11) is 3.23. The summed E-state index contributed by atoms with van der Waals surface area (Å²) in [6.07, 6.45) is -5.68. The number of rotatable bonds is 2. The second-order valence-electron chi connectivity index (χ2n) is 3.71. The van der Waals surface area contributed by atoms with Crippen molar-refractivity contribution < 1.29 is 32.2 Å². The van der Waals surface area contributed by atoms with Gasteiger partial charge in [-0.05, 0) is 22.0 Å². The maximum atomic E-state index is 12.9. The van der Waals surface area contributed by atoms with Crippen molar-refractivity contribution in [3.8, 4) is 0 Å². The molecule has 1 amide bonds. The highest BCUT2D eigenvalue weighted by Gasteiger charge is 2.36. The second-order valence-corrected chi connectivity index (χ2v) is 4.46. The molecule has 0 N–H and O–H groups in total. The Kier molecular flexibility index (Phi) is 5.15. The van der Waals surface area contributed by atoms with Gasteiger partial charge in [0.2, 0.25) is 0 Å². The predicted molar refractivity (Wildman–Crippen MR) is 69.1 cm³/mol. The molecule has 0 bridgehead atoms. The highest BCUT2D eigenvalue weighted by atomic mass is 79.9. The van der Waals surface area contributed by atoms with Crippen LogP contribution in [0.3, 0.4) is 0 Å². The van der Waals surface area contributed by atoms with Gasteiger partial charge in [-0.3, -0.25) is 4.90 Å². The molecule has 10 heteroatoms. The van der Waals surface area contributed by atoms with E-state index < -0.39 is 34.1 Å². The second kappa shape index (κ2) is 6.29. The van der Waals surface area contributed by atoms with Gasteiger partial charge in [0.15, 0.2) is 5.69 Å². The van der Waals surface area contributed by atoms with Crippen LogP contribution in [0, 0.1) is 0 Å². The summed E-state index contributed by atoms with van der Waals surface area (Å²) in [5, 5.41) is 0. The fourth-order valence-electron chi connectivity index (χ4n) is 1.42. The molecule has 1 rings (SSSR count). The summed E-state index contributed by atoms with van der Waals surface area (Å²) in [4.78, 5) is 27.3. The molecular formula is C11H10BrF3N2O4. The minimum atomic E-state index is -4.72. The minimum absolute atomic E-state index is 0.385. The van der Waals surface area contributed by atoms with E-state index in [9.17, 15) is 22.8 Å². The lowest BCUT2D eigenvalue weighted by Crippen LogP contribution is -2.29. The molecule has 0 aliphatic carbocycles. The number of esters is 1. The van der Waals surface area contributed by atoms with Crippen LogP contribution in [0.25, 0.3) is 0 Å². The summed E-state index contributed by atoms with van der Waals surface area (Å²) >= 11 is 2.64. The average molecular weight is 371 g/mol. The van der Waals surface area contributed by atoms with Gasteiger partial charge in [-0.15, -0.1) is 0 Å². The molecule has 1 heterocycles. The first-order chi connectivity index (χ1) is 9.63. The summed E-state index contributed by atoms with van der Waals surface area (Å²) in [6.45, 7) is 0.